The number of aliphatic hydroxyl groups is 1. The molecule has 0 spiro atoms. The van der Waals surface area contributed by atoms with Crippen LogP contribution in [0.5, 0.6) is 0 Å². The Morgan fingerprint density at radius 1 is 0.875 bits per heavy atom. The van der Waals surface area contributed by atoms with E-state index in [9.17, 15) is 34.2 Å². The van der Waals surface area contributed by atoms with Crippen LogP contribution < -0.4 is 33.2 Å². The van der Waals surface area contributed by atoms with E-state index in [2.05, 4.69) is 16.0 Å². The van der Waals surface area contributed by atoms with E-state index in [-0.39, 0.29) is 12.8 Å². The summed E-state index contributed by atoms with van der Waals surface area (Å²) in [5, 5.41) is 25.6. The number of carboxylic acids is 1. The predicted octanol–water partition coefficient (Wildman–Crippen LogP) is -3.10. The van der Waals surface area contributed by atoms with E-state index in [4.69, 9.17) is 17.2 Å². The minimum Gasteiger partial charge on any atom is -0.480 e. The standard InChI is InChI=1S/C19H36N6O7/c1-10(2)15(19(31)32)25-18(30)13(9-26)24-17(29)12(6-7-14(22)27)23-16(28)11(21)5-3-4-8-20/h10-13,15,26H,3-9,20-21H2,1-2H3,(H2,22,27)(H,23,28)(H,24,29)(H,25,30)(H,31,32). The number of aliphatic carboxylic acids is 1. The van der Waals surface area contributed by atoms with Crippen molar-refractivity contribution < 1.29 is 34.2 Å². The summed E-state index contributed by atoms with van der Waals surface area (Å²) in [5.41, 5.74) is 16.3. The van der Waals surface area contributed by atoms with E-state index < -0.39 is 66.3 Å². The second-order valence-electron chi connectivity index (χ2n) is 7.77. The third-order valence-electron chi connectivity index (χ3n) is 4.66. The van der Waals surface area contributed by atoms with Crippen LogP contribution in [0.25, 0.3) is 0 Å². The molecule has 4 atom stereocenters. The lowest BCUT2D eigenvalue weighted by Gasteiger charge is -2.25. The topological polar surface area (TPSA) is 240 Å². The molecule has 0 aromatic rings. The average molecular weight is 461 g/mol. The molecule has 32 heavy (non-hydrogen) atoms. The van der Waals surface area contributed by atoms with Crippen molar-refractivity contribution in [2.45, 2.75) is 70.1 Å². The Bertz CT molecular complexity index is 658. The van der Waals surface area contributed by atoms with Crippen LogP contribution in [-0.2, 0) is 24.0 Å². The van der Waals surface area contributed by atoms with Gasteiger partial charge in [-0.2, -0.15) is 0 Å². The van der Waals surface area contributed by atoms with Gasteiger partial charge in [0.25, 0.3) is 0 Å². The number of hydrogen-bond donors (Lipinski definition) is 8. The third-order valence-corrected chi connectivity index (χ3v) is 4.66. The SMILES string of the molecule is CC(C)C(NC(=O)C(CO)NC(=O)C(CCC(N)=O)NC(=O)C(N)CCCCN)C(=O)O. The predicted molar refractivity (Wildman–Crippen MR) is 115 cm³/mol. The zero-order valence-corrected chi connectivity index (χ0v) is 18.5. The van der Waals surface area contributed by atoms with Crippen molar-refractivity contribution in [1.82, 2.24) is 16.0 Å². The maximum atomic E-state index is 12.7. The summed E-state index contributed by atoms with van der Waals surface area (Å²) in [7, 11) is 0. The molecule has 0 aromatic carbocycles. The van der Waals surface area contributed by atoms with E-state index in [0.717, 1.165) is 0 Å². The van der Waals surface area contributed by atoms with Crippen molar-refractivity contribution in [3.8, 4) is 0 Å². The molecule has 13 heteroatoms. The number of carboxylic acid groups (broad SMARTS) is 1. The molecule has 0 heterocycles. The van der Waals surface area contributed by atoms with Gasteiger partial charge in [0.15, 0.2) is 0 Å². The Labute approximate surface area is 186 Å². The van der Waals surface area contributed by atoms with Crippen molar-refractivity contribution in [3.05, 3.63) is 0 Å². The van der Waals surface area contributed by atoms with Gasteiger partial charge in [0.2, 0.25) is 23.6 Å². The lowest BCUT2D eigenvalue weighted by Crippen LogP contribution is -2.58. The van der Waals surface area contributed by atoms with Gasteiger partial charge in [-0.3, -0.25) is 19.2 Å². The van der Waals surface area contributed by atoms with Gasteiger partial charge in [-0.15, -0.1) is 0 Å². The smallest absolute Gasteiger partial charge is 0.326 e. The van der Waals surface area contributed by atoms with Gasteiger partial charge >= 0.3 is 5.97 Å². The highest BCUT2D eigenvalue weighted by atomic mass is 16.4. The minimum absolute atomic E-state index is 0.161. The number of nitrogens with two attached hydrogens (primary N) is 3. The highest BCUT2D eigenvalue weighted by Crippen LogP contribution is 2.05. The van der Waals surface area contributed by atoms with Gasteiger partial charge in [0, 0.05) is 6.42 Å². The molecule has 0 bridgehead atoms. The fourth-order valence-electron chi connectivity index (χ4n) is 2.71. The summed E-state index contributed by atoms with van der Waals surface area (Å²) in [6.45, 7) is 2.79. The number of nitrogens with one attached hydrogen (secondary N) is 3. The van der Waals surface area contributed by atoms with E-state index in [1.165, 1.54) is 0 Å². The van der Waals surface area contributed by atoms with Gasteiger partial charge in [-0.05, 0) is 31.7 Å². The Hall–Kier alpha value is -2.77. The van der Waals surface area contributed by atoms with Crippen LogP contribution in [0.1, 0.15) is 46.0 Å². The fraction of sp³-hybridized carbons (Fsp3) is 0.737. The minimum atomic E-state index is -1.48. The van der Waals surface area contributed by atoms with E-state index in [1.807, 2.05) is 0 Å². The van der Waals surface area contributed by atoms with Crippen LogP contribution in [0, 0.1) is 5.92 Å². The molecule has 0 saturated heterocycles. The molecule has 0 rings (SSSR count). The molecule has 11 N–H and O–H groups in total. The van der Waals surface area contributed by atoms with Crippen molar-refractivity contribution in [1.29, 1.82) is 0 Å². The summed E-state index contributed by atoms with van der Waals surface area (Å²) in [6, 6.07) is -4.87. The summed E-state index contributed by atoms with van der Waals surface area (Å²) in [5.74, 6) is -4.84. The van der Waals surface area contributed by atoms with Crippen LogP contribution in [0.15, 0.2) is 0 Å². The Morgan fingerprint density at radius 2 is 1.44 bits per heavy atom. The second-order valence-corrected chi connectivity index (χ2v) is 7.77. The quantitative estimate of drug-likeness (QED) is 0.109. The number of rotatable bonds is 16. The van der Waals surface area contributed by atoms with Gasteiger partial charge in [-0.1, -0.05) is 20.3 Å². The largest absolute Gasteiger partial charge is 0.480 e. The highest BCUT2D eigenvalue weighted by molar-refractivity contribution is 5.94. The maximum absolute atomic E-state index is 12.7. The molecule has 0 aromatic heterocycles. The van der Waals surface area contributed by atoms with Gasteiger partial charge in [0.1, 0.15) is 18.1 Å². The summed E-state index contributed by atoms with van der Waals surface area (Å²) < 4.78 is 0. The summed E-state index contributed by atoms with van der Waals surface area (Å²) >= 11 is 0. The number of carbonyl (C=O) groups excluding carboxylic acids is 4. The molecule has 4 amide bonds. The zero-order valence-electron chi connectivity index (χ0n) is 18.5. The van der Waals surface area contributed by atoms with Gasteiger partial charge in [-0.25, -0.2) is 4.79 Å². The molecule has 0 saturated carbocycles. The lowest BCUT2D eigenvalue weighted by molar-refractivity contribution is -0.143. The molecular formula is C19H36N6O7. The highest BCUT2D eigenvalue weighted by Gasteiger charge is 2.31. The number of primary amides is 1. The number of hydrogen-bond acceptors (Lipinski definition) is 8. The average Bonchev–Trinajstić information content (AvgIpc) is 2.71. The molecule has 0 aliphatic carbocycles. The first-order chi connectivity index (χ1) is 14.9. The zero-order chi connectivity index (χ0) is 24.8. The number of aliphatic hydroxyl groups excluding tert-OH is 1. The van der Waals surface area contributed by atoms with Gasteiger partial charge < -0.3 is 43.4 Å². The first-order valence-electron chi connectivity index (χ1n) is 10.4. The molecule has 4 unspecified atom stereocenters. The van der Waals surface area contributed by atoms with Gasteiger partial charge in [0.05, 0.1) is 12.6 Å². The van der Waals surface area contributed by atoms with Crippen molar-refractivity contribution in [3.63, 3.8) is 0 Å². The Morgan fingerprint density at radius 3 is 1.91 bits per heavy atom. The number of unbranched alkanes of at least 4 members (excludes halogenated alkanes) is 1. The van der Waals surface area contributed by atoms with E-state index in [1.54, 1.807) is 13.8 Å². The van der Waals surface area contributed by atoms with Crippen molar-refractivity contribution in [2.24, 2.45) is 23.1 Å². The monoisotopic (exact) mass is 460 g/mol. The van der Waals surface area contributed by atoms with Crippen LogP contribution in [0.4, 0.5) is 0 Å². The second kappa shape index (κ2) is 15.1. The molecule has 0 aliphatic rings. The molecule has 0 fully saturated rings. The van der Waals surface area contributed by atoms with Crippen molar-refractivity contribution >= 4 is 29.6 Å². The first kappa shape index (κ1) is 29.2. The van der Waals surface area contributed by atoms with Crippen LogP contribution in [0.3, 0.4) is 0 Å². The first-order valence-corrected chi connectivity index (χ1v) is 10.4. The fourth-order valence-corrected chi connectivity index (χ4v) is 2.71. The third kappa shape index (κ3) is 11.0. The summed E-state index contributed by atoms with van der Waals surface area (Å²) in [4.78, 5) is 59.7. The van der Waals surface area contributed by atoms with Crippen molar-refractivity contribution in [2.75, 3.05) is 13.2 Å². The molecule has 184 valence electrons. The number of amides is 4. The molecular weight excluding hydrogens is 424 g/mol. The normalized spacial score (nSPS) is 14.7. The molecule has 13 nitrogen and oxygen atoms in total. The molecule has 0 radical (unpaired) electrons. The summed E-state index contributed by atoms with van der Waals surface area (Å²) in [6.07, 6.45) is 1.22. The molecule has 0 aliphatic heterocycles. The Kier molecular flexibility index (Phi) is 13.8. The van der Waals surface area contributed by atoms with E-state index in [0.29, 0.717) is 25.8 Å². The van der Waals surface area contributed by atoms with Crippen LogP contribution in [0.2, 0.25) is 0 Å². The Balaban J connectivity index is 5.23. The van der Waals surface area contributed by atoms with Crippen LogP contribution in [-0.4, -0.2) is 77.1 Å². The number of carbonyl (C=O) groups is 5. The van der Waals surface area contributed by atoms with Crippen LogP contribution >= 0.6 is 0 Å². The lowest BCUT2D eigenvalue weighted by atomic mass is 10.0. The maximum Gasteiger partial charge on any atom is 0.326 e. The van der Waals surface area contributed by atoms with E-state index >= 15 is 0 Å².